The predicted octanol–water partition coefficient (Wildman–Crippen LogP) is 3.21. The van der Waals surface area contributed by atoms with Crippen molar-refractivity contribution in [2.75, 3.05) is 0 Å². The monoisotopic (exact) mass is 206 g/mol. The van der Waals surface area contributed by atoms with Gasteiger partial charge in [0, 0.05) is 0 Å². The summed E-state index contributed by atoms with van der Waals surface area (Å²) < 4.78 is 0. The molecule has 2 unspecified atom stereocenters. The Hall–Kier alpha value is -1.42. The first-order valence-electron chi connectivity index (χ1n) is 5.34. The molecule has 15 heavy (non-hydrogen) atoms. The van der Waals surface area contributed by atoms with Crippen LogP contribution in [0.1, 0.15) is 46.5 Å². The first-order chi connectivity index (χ1) is 7.11. The highest BCUT2D eigenvalue weighted by atomic mass is 15.2. The van der Waals surface area contributed by atoms with Crippen LogP contribution in [0.3, 0.4) is 0 Å². The molecule has 0 aliphatic carbocycles. The lowest BCUT2D eigenvalue weighted by atomic mass is 10.00. The Labute approximate surface area is 91.6 Å². The van der Waals surface area contributed by atoms with Crippen molar-refractivity contribution in [3.63, 3.8) is 0 Å². The Morgan fingerprint density at radius 2 is 1.93 bits per heavy atom. The summed E-state index contributed by atoms with van der Waals surface area (Å²) in [5.41, 5.74) is -0.766. The van der Waals surface area contributed by atoms with Crippen LogP contribution in [0.2, 0.25) is 0 Å². The van der Waals surface area contributed by atoms with Gasteiger partial charge < -0.3 is 0 Å². The predicted molar refractivity (Wildman–Crippen MR) is 58.1 cm³/mol. The van der Waals surface area contributed by atoms with Gasteiger partial charge >= 0.3 is 0 Å². The fourth-order valence-corrected chi connectivity index (χ4v) is 1.23. The van der Waals surface area contributed by atoms with Gasteiger partial charge in [0.25, 0.3) is 0 Å². The molecule has 0 aliphatic heterocycles. The van der Waals surface area contributed by atoms with Crippen molar-refractivity contribution in [2.24, 2.45) is 10.2 Å². The highest BCUT2D eigenvalue weighted by Gasteiger charge is 2.22. The van der Waals surface area contributed by atoms with E-state index in [0.29, 0.717) is 12.8 Å². The average molecular weight is 206 g/mol. The standard InChI is InChI=1S/C11H18N4/c1-4-6-10(8-12)14-15-11(3,9-13)7-5-2/h10H,4-7H2,1-3H3. The second kappa shape index (κ2) is 6.95. The Morgan fingerprint density at radius 3 is 2.33 bits per heavy atom. The van der Waals surface area contributed by atoms with E-state index in [9.17, 15) is 0 Å². The minimum absolute atomic E-state index is 0.403. The topological polar surface area (TPSA) is 72.3 Å². The third-order valence-electron chi connectivity index (χ3n) is 2.11. The summed E-state index contributed by atoms with van der Waals surface area (Å²) in [6.07, 6.45) is 3.16. The van der Waals surface area contributed by atoms with Crippen molar-refractivity contribution in [1.29, 1.82) is 10.5 Å². The first-order valence-corrected chi connectivity index (χ1v) is 5.34. The van der Waals surface area contributed by atoms with Gasteiger partial charge in [0.1, 0.15) is 0 Å². The van der Waals surface area contributed by atoms with Gasteiger partial charge in [-0.25, -0.2) is 0 Å². The third-order valence-corrected chi connectivity index (χ3v) is 2.11. The van der Waals surface area contributed by atoms with E-state index < -0.39 is 11.6 Å². The summed E-state index contributed by atoms with van der Waals surface area (Å²) in [7, 11) is 0. The van der Waals surface area contributed by atoms with Crippen LogP contribution in [0.15, 0.2) is 10.2 Å². The molecule has 0 aromatic rings. The molecule has 0 saturated carbocycles. The van der Waals surface area contributed by atoms with Crippen LogP contribution >= 0.6 is 0 Å². The number of azo groups is 1. The van der Waals surface area contributed by atoms with E-state index in [2.05, 4.69) is 22.4 Å². The molecular formula is C11H18N4. The van der Waals surface area contributed by atoms with E-state index in [0.717, 1.165) is 12.8 Å². The molecule has 0 radical (unpaired) electrons. The van der Waals surface area contributed by atoms with Crippen LogP contribution in [-0.2, 0) is 0 Å². The Balaban J connectivity index is 4.47. The molecule has 0 bridgehead atoms. The number of hydrogen-bond acceptors (Lipinski definition) is 4. The van der Waals surface area contributed by atoms with E-state index >= 15 is 0 Å². The lowest BCUT2D eigenvalue weighted by Crippen LogP contribution is -2.18. The molecule has 0 amide bonds. The minimum atomic E-state index is -0.766. The molecule has 4 nitrogen and oxygen atoms in total. The van der Waals surface area contributed by atoms with Crippen LogP contribution in [-0.4, -0.2) is 11.6 Å². The second-order valence-corrected chi connectivity index (χ2v) is 3.78. The fourth-order valence-electron chi connectivity index (χ4n) is 1.23. The van der Waals surface area contributed by atoms with Gasteiger partial charge in [0.15, 0.2) is 11.6 Å². The molecule has 0 N–H and O–H groups in total. The highest BCUT2D eigenvalue weighted by molar-refractivity contribution is 5.03. The van der Waals surface area contributed by atoms with Gasteiger partial charge in [0.2, 0.25) is 0 Å². The summed E-state index contributed by atoms with van der Waals surface area (Å²) in [6, 6.07) is 3.80. The molecule has 0 fully saturated rings. The maximum Gasteiger partial charge on any atom is 0.164 e. The summed E-state index contributed by atoms with van der Waals surface area (Å²) in [4.78, 5) is 0. The fraction of sp³-hybridized carbons (Fsp3) is 0.818. The first kappa shape index (κ1) is 13.6. The summed E-state index contributed by atoms with van der Waals surface area (Å²) in [5.74, 6) is 0. The van der Waals surface area contributed by atoms with Gasteiger partial charge in [-0.15, -0.1) is 0 Å². The highest BCUT2D eigenvalue weighted by Crippen LogP contribution is 2.18. The van der Waals surface area contributed by atoms with E-state index in [1.807, 2.05) is 13.8 Å². The van der Waals surface area contributed by atoms with Gasteiger partial charge in [-0.1, -0.05) is 26.7 Å². The SMILES string of the molecule is CCCC(C#N)N=NC(C)(C#N)CCC. The molecule has 4 heteroatoms. The third kappa shape index (κ3) is 5.12. The van der Waals surface area contributed by atoms with Gasteiger partial charge in [-0.3, -0.25) is 0 Å². The minimum Gasteiger partial charge on any atom is -0.196 e. The van der Waals surface area contributed by atoms with Gasteiger partial charge in [-0.2, -0.15) is 20.8 Å². The molecule has 0 aromatic heterocycles. The van der Waals surface area contributed by atoms with Gasteiger partial charge in [-0.05, 0) is 19.8 Å². The van der Waals surface area contributed by atoms with Crippen LogP contribution in [0.25, 0.3) is 0 Å². The summed E-state index contributed by atoms with van der Waals surface area (Å²) in [6.45, 7) is 5.74. The van der Waals surface area contributed by atoms with Crippen molar-refractivity contribution < 1.29 is 0 Å². The van der Waals surface area contributed by atoms with Gasteiger partial charge in [0.05, 0.1) is 12.1 Å². The zero-order valence-corrected chi connectivity index (χ0v) is 9.69. The smallest absolute Gasteiger partial charge is 0.164 e. The summed E-state index contributed by atoms with van der Waals surface area (Å²) in [5, 5.41) is 25.6. The van der Waals surface area contributed by atoms with Crippen LogP contribution in [0.5, 0.6) is 0 Å². The average Bonchev–Trinajstić information content (AvgIpc) is 2.24. The van der Waals surface area contributed by atoms with Crippen LogP contribution in [0.4, 0.5) is 0 Å². The maximum absolute atomic E-state index is 8.95. The molecule has 2 atom stereocenters. The van der Waals surface area contributed by atoms with Crippen molar-refractivity contribution in [3.05, 3.63) is 0 Å². The normalized spacial score (nSPS) is 16.6. The number of nitriles is 2. The molecule has 0 aliphatic rings. The molecule has 0 spiro atoms. The maximum atomic E-state index is 8.95. The Morgan fingerprint density at radius 1 is 1.27 bits per heavy atom. The van der Waals surface area contributed by atoms with Crippen molar-refractivity contribution in [2.45, 2.75) is 58.0 Å². The van der Waals surface area contributed by atoms with Crippen LogP contribution in [0, 0.1) is 22.7 Å². The lowest BCUT2D eigenvalue weighted by Gasteiger charge is -2.13. The van der Waals surface area contributed by atoms with Crippen molar-refractivity contribution in [1.82, 2.24) is 0 Å². The van der Waals surface area contributed by atoms with E-state index in [1.54, 1.807) is 6.92 Å². The molecule has 0 aromatic carbocycles. The molecule has 82 valence electrons. The molecular weight excluding hydrogens is 188 g/mol. The van der Waals surface area contributed by atoms with Crippen molar-refractivity contribution in [3.8, 4) is 12.1 Å². The van der Waals surface area contributed by atoms with Crippen molar-refractivity contribution >= 4 is 0 Å². The largest absolute Gasteiger partial charge is 0.196 e. The van der Waals surface area contributed by atoms with Crippen LogP contribution < -0.4 is 0 Å². The number of hydrogen-bond donors (Lipinski definition) is 0. The second-order valence-electron chi connectivity index (χ2n) is 3.78. The lowest BCUT2D eigenvalue weighted by molar-refractivity contribution is 0.495. The van der Waals surface area contributed by atoms with E-state index in [4.69, 9.17) is 10.5 Å². The van der Waals surface area contributed by atoms with E-state index in [-0.39, 0.29) is 0 Å². The molecule has 0 heterocycles. The Kier molecular flexibility index (Phi) is 6.29. The van der Waals surface area contributed by atoms with E-state index in [1.165, 1.54) is 0 Å². The quantitative estimate of drug-likeness (QED) is 0.626. The Bertz CT molecular complexity index is 284. The number of nitrogens with zero attached hydrogens (tertiary/aromatic N) is 4. The summed E-state index contributed by atoms with van der Waals surface area (Å²) >= 11 is 0. The molecule has 0 saturated heterocycles. The zero-order chi connectivity index (χ0) is 11.7. The zero-order valence-electron chi connectivity index (χ0n) is 9.69. The number of rotatable bonds is 6. The molecule has 0 rings (SSSR count).